The first-order valence-corrected chi connectivity index (χ1v) is 9.27. The molecule has 0 bridgehead atoms. The molecule has 6 heteroatoms. The number of nitrogens with zero attached hydrogens (tertiary/aromatic N) is 1. The second kappa shape index (κ2) is 7.91. The van der Waals surface area contributed by atoms with Crippen molar-refractivity contribution in [3.63, 3.8) is 0 Å². The molecule has 2 N–H and O–H groups in total. The summed E-state index contributed by atoms with van der Waals surface area (Å²) in [6.07, 6.45) is 5.05. The number of fused-ring (bicyclic) bond motifs is 1. The highest BCUT2D eigenvalue weighted by atomic mass is 35.5. The van der Waals surface area contributed by atoms with Gasteiger partial charge in [0.2, 0.25) is 11.8 Å². The number of H-pyrrole nitrogens is 1. The SMILES string of the molecule is CCCCNC(=O)[C@H]1CC(=O)N(CCc2c[nH]c3ccc(Cl)cc23)C1. The standard InChI is InChI=1S/C19H24ClN3O2/c1-2-3-7-21-19(25)14-9-18(24)23(12-14)8-6-13-11-22-17-5-4-15(20)10-16(13)17/h4-5,10-11,14,22H,2-3,6-9,12H2,1H3,(H,21,25)/t14-/m0/s1. The van der Waals surface area contributed by atoms with Crippen molar-refractivity contribution in [1.29, 1.82) is 0 Å². The van der Waals surface area contributed by atoms with E-state index in [1.54, 1.807) is 4.90 Å². The van der Waals surface area contributed by atoms with Gasteiger partial charge in [-0.1, -0.05) is 24.9 Å². The number of amides is 2. The van der Waals surface area contributed by atoms with Crippen molar-refractivity contribution in [2.45, 2.75) is 32.6 Å². The second-order valence-corrected chi connectivity index (χ2v) is 7.08. The van der Waals surface area contributed by atoms with Crippen LogP contribution in [0, 0.1) is 5.92 Å². The van der Waals surface area contributed by atoms with Crippen LogP contribution >= 0.6 is 11.6 Å². The minimum Gasteiger partial charge on any atom is -0.361 e. The minimum absolute atomic E-state index is 0.00294. The molecule has 1 atom stereocenters. The molecule has 25 heavy (non-hydrogen) atoms. The zero-order chi connectivity index (χ0) is 17.8. The number of hydrogen-bond donors (Lipinski definition) is 2. The number of unbranched alkanes of at least 4 members (excludes halogenated alkanes) is 1. The van der Waals surface area contributed by atoms with Gasteiger partial charge in [0.1, 0.15) is 0 Å². The number of nitrogens with one attached hydrogen (secondary N) is 2. The van der Waals surface area contributed by atoms with E-state index in [1.807, 2.05) is 24.4 Å². The zero-order valence-electron chi connectivity index (χ0n) is 14.5. The summed E-state index contributed by atoms with van der Waals surface area (Å²) in [5.74, 6) is -0.154. The molecule has 2 heterocycles. The van der Waals surface area contributed by atoms with Crippen LogP contribution in [0.15, 0.2) is 24.4 Å². The number of carbonyl (C=O) groups excluding carboxylic acids is 2. The Morgan fingerprint density at radius 1 is 1.44 bits per heavy atom. The van der Waals surface area contributed by atoms with Gasteiger partial charge < -0.3 is 15.2 Å². The average Bonchev–Trinajstić information content (AvgIpc) is 3.16. The molecule has 3 rings (SSSR count). The van der Waals surface area contributed by atoms with Crippen molar-refractivity contribution in [2.75, 3.05) is 19.6 Å². The van der Waals surface area contributed by atoms with Gasteiger partial charge in [-0.2, -0.15) is 0 Å². The summed E-state index contributed by atoms with van der Waals surface area (Å²) in [5.41, 5.74) is 2.18. The Kier molecular flexibility index (Phi) is 5.63. The van der Waals surface area contributed by atoms with E-state index in [2.05, 4.69) is 17.2 Å². The van der Waals surface area contributed by atoms with Crippen molar-refractivity contribution in [3.05, 3.63) is 35.0 Å². The van der Waals surface area contributed by atoms with E-state index in [1.165, 1.54) is 0 Å². The largest absolute Gasteiger partial charge is 0.361 e. The lowest BCUT2D eigenvalue weighted by Gasteiger charge is -2.16. The predicted molar refractivity (Wildman–Crippen MR) is 99.6 cm³/mol. The van der Waals surface area contributed by atoms with Gasteiger partial charge in [-0.05, 0) is 36.6 Å². The molecule has 5 nitrogen and oxygen atoms in total. The van der Waals surface area contributed by atoms with E-state index in [9.17, 15) is 9.59 Å². The highest BCUT2D eigenvalue weighted by Crippen LogP contribution is 2.24. The first-order valence-electron chi connectivity index (χ1n) is 8.89. The zero-order valence-corrected chi connectivity index (χ0v) is 15.2. The van der Waals surface area contributed by atoms with E-state index in [0.717, 1.165) is 35.7 Å². The molecule has 1 aliphatic rings. The first kappa shape index (κ1) is 17.8. The van der Waals surface area contributed by atoms with E-state index >= 15 is 0 Å². The Morgan fingerprint density at radius 2 is 2.28 bits per heavy atom. The fourth-order valence-electron chi connectivity index (χ4n) is 3.31. The lowest BCUT2D eigenvalue weighted by atomic mass is 10.1. The van der Waals surface area contributed by atoms with Crippen LogP contribution in [0.4, 0.5) is 0 Å². The number of halogens is 1. The third-order valence-electron chi connectivity index (χ3n) is 4.80. The Balaban J connectivity index is 1.57. The molecule has 0 unspecified atom stereocenters. The van der Waals surface area contributed by atoms with Gasteiger partial charge in [-0.25, -0.2) is 0 Å². The number of aromatic nitrogens is 1. The average molecular weight is 362 g/mol. The molecule has 1 aliphatic heterocycles. The third-order valence-corrected chi connectivity index (χ3v) is 5.03. The van der Waals surface area contributed by atoms with Crippen molar-refractivity contribution >= 4 is 34.3 Å². The smallest absolute Gasteiger partial charge is 0.225 e. The maximum Gasteiger partial charge on any atom is 0.225 e. The maximum absolute atomic E-state index is 12.2. The van der Waals surface area contributed by atoms with Crippen LogP contribution in [0.25, 0.3) is 10.9 Å². The van der Waals surface area contributed by atoms with Gasteiger partial charge in [0.05, 0.1) is 5.92 Å². The van der Waals surface area contributed by atoms with Crippen molar-refractivity contribution in [1.82, 2.24) is 15.2 Å². The molecule has 0 spiro atoms. The van der Waals surface area contributed by atoms with Crippen LogP contribution < -0.4 is 5.32 Å². The Hall–Kier alpha value is -2.01. The highest BCUT2D eigenvalue weighted by Gasteiger charge is 2.33. The molecular formula is C19H24ClN3O2. The van der Waals surface area contributed by atoms with Gasteiger partial charge in [0.15, 0.2) is 0 Å². The topological polar surface area (TPSA) is 65.2 Å². The van der Waals surface area contributed by atoms with Crippen LogP contribution in [-0.4, -0.2) is 41.3 Å². The molecule has 0 aliphatic carbocycles. The van der Waals surface area contributed by atoms with Gasteiger partial charge >= 0.3 is 0 Å². The number of aromatic amines is 1. The van der Waals surface area contributed by atoms with E-state index in [4.69, 9.17) is 11.6 Å². The monoisotopic (exact) mass is 361 g/mol. The summed E-state index contributed by atoms with van der Waals surface area (Å²) in [6.45, 7) is 3.91. The normalized spacial score (nSPS) is 17.4. The summed E-state index contributed by atoms with van der Waals surface area (Å²) in [5, 5.41) is 4.72. The number of rotatable bonds is 7. The molecule has 2 aromatic rings. The number of carbonyl (C=O) groups is 2. The van der Waals surface area contributed by atoms with Crippen molar-refractivity contribution < 1.29 is 9.59 Å². The third kappa shape index (κ3) is 4.15. The number of likely N-dealkylation sites (tertiary alicyclic amines) is 1. The molecule has 1 saturated heterocycles. The quantitative estimate of drug-likeness (QED) is 0.744. The molecular weight excluding hydrogens is 338 g/mol. The first-order chi connectivity index (χ1) is 12.1. The Bertz CT molecular complexity index is 771. The van der Waals surface area contributed by atoms with E-state index < -0.39 is 0 Å². The minimum atomic E-state index is -0.221. The molecule has 0 radical (unpaired) electrons. The Morgan fingerprint density at radius 3 is 3.08 bits per heavy atom. The van der Waals surface area contributed by atoms with Crippen LogP contribution in [0.3, 0.4) is 0 Å². The summed E-state index contributed by atoms with van der Waals surface area (Å²) in [4.78, 5) is 29.4. The lowest BCUT2D eigenvalue weighted by molar-refractivity contribution is -0.129. The fraction of sp³-hybridized carbons (Fsp3) is 0.474. The van der Waals surface area contributed by atoms with Crippen LogP contribution in [0.2, 0.25) is 5.02 Å². The van der Waals surface area contributed by atoms with Crippen LogP contribution in [0.1, 0.15) is 31.7 Å². The molecule has 1 aromatic heterocycles. The van der Waals surface area contributed by atoms with Gasteiger partial charge in [0.25, 0.3) is 0 Å². The number of benzene rings is 1. The maximum atomic E-state index is 12.2. The van der Waals surface area contributed by atoms with Crippen molar-refractivity contribution in [2.24, 2.45) is 5.92 Å². The molecule has 134 valence electrons. The van der Waals surface area contributed by atoms with Crippen LogP contribution in [0.5, 0.6) is 0 Å². The van der Waals surface area contributed by atoms with Gasteiger partial charge in [-0.3, -0.25) is 9.59 Å². The van der Waals surface area contributed by atoms with Crippen molar-refractivity contribution in [3.8, 4) is 0 Å². The van der Waals surface area contributed by atoms with Gasteiger partial charge in [0, 0.05) is 48.2 Å². The summed E-state index contributed by atoms with van der Waals surface area (Å²) in [6, 6.07) is 5.76. The summed E-state index contributed by atoms with van der Waals surface area (Å²) >= 11 is 6.08. The Labute approximate surface area is 152 Å². The molecule has 1 aromatic carbocycles. The number of hydrogen-bond acceptors (Lipinski definition) is 2. The summed E-state index contributed by atoms with van der Waals surface area (Å²) < 4.78 is 0. The summed E-state index contributed by atoms with van der Waals surface area (Å²) in [7, 11) is 0. The van der Waals surface area contributed by atoms with E-state index in [-0.39, 0.29) is 17.7 Å². The highest BCUT2D eigenvalue weighted by molar-refractivity contribution is 6.31. The lowest BCUT2D eigenvalue weighted by Crippen LogP contribution is -2.34. The fourth-order valence-corrected chi connectivity index (χ4v) is 3.48. The molecule has 1 fully saturated rings. The molecule has 2 amide bonds. The second-order valence-electron chi connectivity index (χ2n) is 6.64. The van der Waals surface area contributed by atoms with E-state index in [0.29, 0.717) is 31.1 Å². The predicted octanol–water partition coefficient (Wildman–Crippen LogP) is 3.13. The molecule has 0 saturated carbocycles. The van der Waals surface area contributed by atoms with Crippen LogP contribution in [-0.2, 0) is 16.0 Å². The van der Waals surface area contributed by atoms with Gasteiger partial charge in [-0.15, -0.1) is 0 Å².